The van der Waals surface area contributed by atoms with Gasteiger partial charge in [0.25, 0.3) is 0 Å². The van der Waals surface area contributed by atoms with Crippen molar-refractivity contribution in [2.75, 3.05) is 0 Å². The van der Waals surface area contributed by atoms with Crippen molar-refractivity contribution in [1.82, 2.24) is 0 Å². The second kappa shape index (κ2) is 6.13. The summed E-state index contributed by atoms with van der Waals surface area (Å²) in [6.45, 7) is 6.03. The van der Waals surface area contributed by atoms with E-state index in [0.29, 0.717) is 5.92 Å². The zero-order valence-electron chi connectivity index (χ0n) is 12.7. The van der Waals surface area contributed by atoms with Crippen LogP contribution in [0.15, 0.2) is 67.3 Å². The molecule has 0 aliphatic heterocycles. The number of rotatable bonds is 3. The summed E-state index contributed by atoms with van der Waals surface area (Å²) in [5.74, 6) is 0.667. The Hall–Kier alpha value is -2.08. The molecule has 0 amide bonds. The van der Waals surface area contributed by atoms with E-state index < -0.39 is 0 Å². The van der Waals surface area contributed by atoms with E-state index >= 15 is 0 Å². The van der Waals surface area contributed by atoms with Gasteiger partial charge in [0, 0.05) is 0 Å². The molecular formula is C21H22. The van der Waals surface area contributed by atoms with Crippen molar-refractivity contribution >= 4 is 5.57 Å². The van der Waals surface area contributed by atoms with Crippen molar-refractivity contribution in [3.8, 4) is 11.1 Å². The van der Waals surface area contributed by atoms with Gasteiger partial charge >= 0.3 is 0 Å². The van der Waals surface area contributed by atoms with Crippen molar-refractivity contribution in [3.63, 3.8) is 0 Å². The minimum absolute atomic E-state index is 0.667. The Morgan fingerprint density at radius 3 is 2.00 bits per heavy atom. The van der Waals surface area contributed by atoms with Gasteiger partial charge in [-0.25, -0.2) is 0 Å². The molecule has 0 nitrogen and oxygen atoms in total. The average molecular weight is 274 g/mol. The van der Waals surface area contributed by atoms with Crippen LogP contribution in [0.5, 0.6) is 0 Å². The highest BCUT2D eigenvalue weighted by Gasteiger charge is 2.12. The maximum absolute atomic E-state index is 3.90. The number of hydrogen-bond donors (Lipinski definition) is 0. The predicted molar refractivity (Wildman–Crippen MR) is 92.1 cm³/mol. The monoisotopic (exact) mass is 274 g/mol. The maximum Gasteiger partial charge on any atom is -0.0184 e. The molecule has 0 saturated heterocycles. The van der Waals surface area contributed by atoms with Gasteiger partial charge in [0.1, 0.15) is 0 Å². The van der Waals surface area contributed by atoms with Crippen LogP contribution in [-0.4, -0.2) is 0 Å². The van der Waals surface area contributed by atoms with Gasteiger partial charge in [0.15, 0.2) is 0 Å². The van der Waals surface area contributed by atoms with Gasteiger partial charge in [-0.3, -0.25) is 0 Å². The third-order valence-electron chi connectivity index (χ3n) is 4.43. The van der Waals surface area contributed by atoms with Gasteiger partial charge in [0.05, 0.1) is 0 Å². The molecule has 0 bridgehead atoms. The lowest BCUT2D eigenvalue weighted by Crippen LogP contribution is -2.02. The van der Waals surface area contributed by atoms with E-state index in [4.69, 9.17) is 0 Å². The quantitative estimate of drug-likeness (QED) is 0.599. The molecule has 106 valence electrons. The Kier molecular flexibility index (Phi) is 4.06. The van der Waals surface area contributed by atoms with Crippen LogP contribution in [-0.2, 0) is 0 Å². The second-order valence-electron chi connectivity index (χ2n) is 5.94. The smallest absolute Gasteiger partial charge is 0.0184 e. The van der Waals surface area contributed by atoms with E-state index in [1.165, 1.54) is 40.7 Å². The van der Waals surface area contributed by atoms with Gasteiger partial charge < -0.3 is 0 Å². The first-order valence-electron chi connectivity index (χ1n) is 7.75. The molecule has 0 saturated carbocycles. The van der Waals surface area contributed by atoms with Crippen LogP contribution in [0.2, 0.25) is 0 Å². The molecule has 1 aliphatic carbocycles. The normalized spacial score (nSPS) is 18.1. The highest BCUT2D eigenvalue weighted by atomic mass is 14.2. The summed E-state index contributed by atoms with van der Waals surface area (Å²) in [4.78, 5) is 0. The largest absolute Gasteiger partial charge is 0.103 e. The Morgan fingerprint density at radius 1 is 0.905 bits per heavy atom. The predicted octanol–water partition coefficient (Wildman–Crippen LogP) is 6.03. The maximum atomic E-state index is 3.90. The van der Waals surface area contributed by atoms with Crippen LogP contribution in [0.25, 0.3) is 16.7 Å². The number of hydrogen-bond acceptors (Lipinski definition) is 0. The molecule has 0 N–H and O–H groups in total. The van der Waals surface area contributed by atoms with Crippen molar-refractivity contribution in [2.24, 2.45) is 5.92 Å². The summed E-state index contributed by atoms with van der Waals surface area (Å²) in [5, 5.41) is 0. The number of allylic oxidation sites excluding steroid dienone is 3. The minimum atomic E-state index is 0.667. The Morgan fingerprint density at radius 2 is 1.48 bits per heavy atom. The van der Waals surface area contributed by atoms with E-state index in [-0.39, 0.29) is 0 Å². The van der Waals surface area contributed by atoms with E-state index in [2.05, 4.69) is 74.2 Å². The van der Waals surface area contributed by atoms with Gasteiger partial charge in [-0.1, -0.05) is 66.2 Å². The molecule has 0 heterocycles. The van der Waals surface area contributed by atoms with Gasteiger partial charge in [-0.2, -0.15) is 0 Å². The number of benzene rings is 2. The van der Waals surface area contributed by atoms with E-state index in [9.17, 15) is 0 Å². The van der Waals surface area contributed by atoms with Gasteiger partial charge in [-0.05, 0) is 54.4 Å². The Labute approximate surface area is 127 Å². The molecular weight excluding hydrogens is 252 g/mol. The summed E-state index contributed by atoms with van der Waals surface area (Å²) in [5.41, 5.74) is 6.74. The Bertz CT molecular complexity index is 641. The third-order valence-corrected chi connectivity index (χ3v) is 4.43. The van der Waals surface area contributed by atoms with Crippen molar-refractivity contribution in [2.45, 2.75) is 26.2 Å². The number of aryl methyl sites for hydroxylation is 1. The first-order valence-corrected chi connectivity index (χ1v) is 7.75. The molecule has 0 radical (unpaired) electrons. The molecule has 2 aromatic rings. The van der Waals surface area contributed by atoms with Crippen LogP contribution in [0.4, 0.5) is 0 Å². The third kappa shape index (κ3) is 3.16. The first-order chi connectivity index (χ1) is 10.3. The van der Waals surface area contributed by atoms with Crippen LogP contribution < -0.4 is 0 Å². The fraction of sp³-hybridized carbons (Fsp3) is 0.238. The van der Waals surface area contributed by atoms with Crippen LogP contribution in [0, 0.1) is 12.8 Å². The summed E-state index contributed by atoms with van der Waals surface area (Å²) < 4.78 is 0. The molecule has 0 aromatic heterocycles. The molecule has 2 aromatic carbocycles. The van der Waals surface area contributed by atoms with Crippen molar-refractivity contribution in [3.05, 3.63) is 78.4 Å². The molecule has 0 heteroatoms. The lowest BCUT2D eigenvalue weighted by molar-refractivity contribution is 0.593. The molecule has 1 unspecified atom stereocenters. The zero-order chi connectivity index (χ0) is 14.7. The highest BCUT2D eigenvalue weighted by Crippen LogP contribution is 2.31. The van der Waals surface area contributed by atoms with Gasteiger partial charge in [-0.15, -0.1) is 6.58 Å². The van der Waals surface area contributed by atoms with Crippen molar-refractivity contribution < 1.29 is 0 Å². The van der Waals surface area contributed by atoms with Crippen LogP contribution in [0.1, 0.15) is 30.4 Å². The van der Waals surface area contributed by atoms with Crippen LogP contribution in [0.3, 0.4) is 0 Å². The highest BCUT2D eigenvalue weighted by molar-refractivity contribution is 5.71. The molecule has 3 rings (SSSR count). The topological polar surface area (TPSA) is 0 Å². The van der Waals surface area contributed by atoms with E-state index in [1.54, 1.807) is 0 Å². The van der Waals surface area contributed by atoms with Gasteiger partial charge in [0.2, 0.25) is 0 Å². The summed E-state index contributed by atoms with van der Waals surface area (Å²) >= 11 is 0. The Balaban J connectivity index is 1.80. The summed E-state index contributed by atoms with van der Waals surface area (Å²) in [6.07, 6.45) is 8.01. The van der Waals surface area contributed by atoms with E-state index in [1.807, 2.05) is 0 Å². The average Bonchev–Trinajstić information content (AvgIpc) is 2.56. The first kappa shape index (κ1) is 13.9. The molecule has 1 atom stereocenters. The zero-order valence-corrected chi connectivity index (χ0v) is 12.7. The lowest BCUT2D eigenvalue weighted by atomic mass is 9.86. The molecule has 21 heavy (non-hydrogen) atoms. The fourth-order valence-electron chi connectivity index (χ4n) is 2.95. The molecule has 0 fully saturated rings. The summed E-state index contributed by atoms with van der Waals surface area (Å²) in [7, 11) is 0. The molecule has 1 aliphatic rings. The molecule has 0 spiro atoms. The van der Waals surface area contributed by atoms with Crippen molar-refractivity contribution in [1.29, 1.82) is 0 Å². The second-order valence-corrected chi connectivity index (χ2v) is 5.94. The fourth-order valence-corrected chi connectivity index (χ4v) is 2.95. The van der Waals surface area contributed by atoms with E-state index in [0.717, 1.165) is 6.42 Å². The SMILES string of the molecule is C=CC1CC=C(c2ccc(-c3ccc(C)cc3)cc2)CC1. The minimum Gasteiger partial charge on any atom is -0.103 e. The van der Waals surface area contributed by atoms with Crippen LogP contribution >= 0.6 is 0 Å². The lowest BCUT2D eigenvalue weighted by Gasteiger charge is -2.19. The summed E-state index contributed by atoms with van der Waals surface area (Å²) in [6, 6.07) is 17.7. The standard InChI is InChI=1S/C21H22/c1-3-17-6-10-19(11-7-17)21-14-12-20(13-15-21)18-8-4-16(2)5-9-18/h3-5,8-10,12-15,17H,1,6-7,11H2,2H3.